The summed E-state index contributed by atoms with van der Waals surface area (Å²) in [6.45, 7) is 14.2. The van der Waals surface area contributed by atoms with Crippen molar-refractivity contribution in [2.75, 3.05) is 39.4 Å². The number of carbonyl (C=O) groups is 2. The summed E-state index contributed by atoms with van der Waals surface area (Å²) in [6, 6.07) is 0. The first-order valence-electron chi connectivity index (χ1n) is 27.0. The number of hydrogen-bond acceptors (Lipinski definition) is 8. The van der Waals surface area contributed by atoms with Gasteiger partial charge in [0.15, 0.2) is 0 Å². The lowest BCUT2D eigenvalue weighted by atomic mass is 10.0. The number of unbranched alkanes of at least 4 members (excludes halogenated alkanes) is 24. The Bertz CT molecular complexity index is 823. The Kier molecular flexibility index (Phi) is 45.8. The van der Waals surface area contributed by atoms with Gasteiger partial charge in [0.1, 0.15) is 12.2 Å². The first-order chi connectivity index (χ1) is 29.9. The third-order valence-corrected chi connectivity index (χ3v) is 12.7. The van der Waals surface area contributed by atoms with E-state index in [0.29, 0.717) is 25.9 Å². The first kappa shape index (κ1) is 59.8. The van der Waals surface area contributed by atoms with Gasteiger partial charge >= 0.3 is 11.9 Å². The second-order valence-electron chi connectivity index (χ2n) is 18.5. The molecule has 0 aliphatic rings. The Morgan fingerprint density at radius 2 is 0.656 bits per heavy atom. The highest BCUT2D eigenvalue weighted by Crippen LogP contribution is 2.21. The van der Waals surface area contributed by atoms with Gasteiger partial charge in [-0.15, -0.1) is 0 Å². The summed E-state index contributed by atoms with van der Waals surface area (Å²) in [5, 5.41) is 19.7. The molecule has 0 rings (SSSR count). The van der Waals surface area contributed by atoms with Gasteiger partial charge in [-0.1, -0.05) is 176 Å². The molecule has 1 atom stereocenters. The molecule has 0 spiro atoms. The molecule has 0 fully saturated rings. The second-order valence-corrected chi connectivity index (χ2v) is 18.5. The second kappa shape index (κ2) is 46.8. The maximum atomic E-state index is 13.1. The summed E-state index contributed by atoms with van der Waals surface area (Å²) in [7, 11) is 0. The van der Waals surface area contributed by atoms with Crippen LogP contribution in [0.25, 0.3) is 0 Å². The molecular weight excluding hydrogens is 761 g/mol. The van der Waals surface area contributed by atoms with Crippen molar-refractivity contribution < 1.29 is 29.3 Å². The van der Waals surface area contributed by atoms with Crippen molar-refractivity contribution in [2.24, 2.45) is 0 Å². The molecule has 8 heteroatoms. The largest absolute Gasteiger partial charge is 0.462 e. The summed E-state index contributed by atoms with van der Waals surface area (Å²) in [6.07, 6.45) is 41.9. The minimum Gasteiger partial charge on any atom is -0.462 e. The Hall–Kier alpha value is -1.22. The van der Waals surface area contributed by atoms with E-state index in [4.69, 9.17) is 9.47 Å². The number of esters is 2. The van der Waals surface area contributed by atoms with Gasteiger partial charge in [0.05, 0.1) is 19.4 Å². The number of aliphatic hydroxyl groups is 2. The molecule has 1 unspecified atom stereocenters. The van der Waals surface area contributed by atoms with E-state index in [1.165, 1.54) is 128 Å². The molecule has 0 radical (unpaired) electrons. The van der Waals surface area contributed by atoms with Crippen LogP contribution in [-0.4, -0.2) is 89.7 Å². The van der Waals surface area contributed by atoms with Gasteiger partial charge in [-0.05, 0) is 96.6 Å². The van der Waals surface area contributed by atoms with E-state index in [1.807, 2.05) is 0 Å². The van der Waals surface area contributed by atoms with E-state index in [-0.39, 0.29) is 43.5 Å². The zero-order valence-electron chi connectivity index (χ0n) is 41.6. The number of ether oxygens (including phenoxy) is 2. The first-order valence-corrected chi connectivity index (χ1v) is 27.0. The lowest BCUT2D eigenvalue weighted by Gasteiger charge is -2.39. The third kappa shape index (κ3) is 37.8. The molecule has 2 N–H and O–H groups in total. The van der Waals surface area contributed by atoms with Gasteiger partial charge in [0, 0.05) is 25.9 Å². The molecule has 0 aromatic heterocycles. The van der Waals surface area contributed by atoms with Crippen LogP contribution in [-0.2, 0) is 19.1 Å². The van der Waals surface area contributed by atoms with E-state index in [2.05, 4.69) is 44.4 Å². The van der Waals surface area contributed by atoms with Crippen LogP contribution in [0.2, 0.25) is 0 Å². The average Bonchev–Trinajstić information content (AvgIpc) is 3.25. The van der Waals surface area contributed by atoms with Gasteiger partial charge in [0.2, 0.25) is 0 Å². The monoisotopic (exact) mass is 867 g/mol. The average molecular weight is 867 g/mol. The molecule has 0 aliphatic carbocycles. The maximum Gasteiger partial charge on any atom is 0.306 e. The number of rotatable bonds is 49. The van der Waals surface area contributed by atoms with Gasteiger partial charge in [-0.2, -0.15) is 0 Å². The Balaban J connectivity index is 5.06. The predicted molar refractivity (Wildman–Crippen MR) is 260 cm³/mol. The molecule has 0 saturated carbocycles. The molecule has 0 aromatic rings. The topological polar surface area (TPSA) is 99.5 Å². The van der Waals surface area contributed by atoms with Crippen LogP contribution in [0.5, 0.6) is 0 Å². The number of nitrogens with zero attached hydrogens (tertiary/aromatic N) is 2. The van der Waals surface area contributed by atoms with Gasteiger partial charge < -0.3 is 19.7 Å². The van der Waals surface area contributed by atoms with Crippen molar-refractivity contribution in [3.8, 4) is 0 Å². The van der Waals surface area contributed by atoms with Gasteiger partial charge in [-0.3, -0.25) is 19.4 Å². The smallest absolute Gasteiger partial charge is 0.306 e. The predicted octanol–water partition coefficient (Wildman–Crippen LogP) is 14.3. The van der Waals surface area contributed by atoms with E-state index < -0.39 is 0 Å². The normalized spacial score (nSPS) is 12.4. The molecule has 8 nitrogen and oxygen atoms in total. The maximum absolute atomic E-state index is 13.1. The van der Waals surface area contributed by atoms with E-state index >= 15 is 0 Å². The fourth-order valence-corrected chi connectivity index (χ4v) is 8.97. The standard InChI is InChI=1S/C53H106N2O6/c1-6-11-15-19-23-29-37-49(38-30-24-20-16-12-7-2)60-52(58)41-33-27-35-43-54(51(10-5)55(45-47-56)46-48-57)44-36-28-34-42-53(59)61-50(39-31-25-21-17-13-8-3)40-32-26-22-18-14-9-4/h49-51,56-57H,6-48H2,1-5H3. The summed E-state index contributed by atoms with van der Waals surface area (Å²) >= 11 is 0. The molecule has 0 saturated heterocycles. The van der Waals surface area contributed by atoms with Gasteiger partial charge in [-0.25, -0.2) is 0 Å². The number of aliphatic hydroxyl groups excluding tert-OH is 2. The molecule has 0 aromatic carbocycles. The molecule has 0 heterocycles. The Labute approximate surface area is 379 Å². The highest BCUT2D eigenvalue weighted by atomic mass is 16.5. The summed E-state index contributed by atoms with van der Waals surface area (Å²) < 4.78 is 12.2. The van der Waals surface area contributed by atoms with Gasteiger partial charge in [0.25, 0.3) is 0 Å². The van der Waals surface area contributed by atoms with Crippen molar-refractivity contribution in [2.45, 2.75) is 291 Å². The lowest BCUT2D eigenvalue weighted by molar-refractivity contribution is -0.151. The van der Waals surface area contributed by atoms with Crippen molar-refractivity contribution in [1.82, 2.24) is 9.80 Å². The zero-order chi connectivity index (χ0) is 44.9. The van der Waals surface area contributed by atoms with Crippen LogP contribution in [0.1, 0.15) is 272 Å². The Morgan fingerprint density at radius 3 is 0.951 bits per heavy atom. The zero-order valence-corrected chi connectivity index (χ0v) is 41.6. The fraction of sp³-hybridized carbons (Fsp3) is 0.962. The van der Waals surface area contributed by atoms with E-state index in [0.717, 1.165) is 109 Å². The van der Waals surface area contributed by atoms with Crippen molar-refractivity contribution in [3.63, 3.8) is 0 Å². The van der Waals surface area contributed by atoms with Crippen molar-refractivity contribution in [1.29, 1.82) is 0 Å². The van der Waals surface area contributed by atoms with E-state index in [1.54, 1.807) is 0 Å². The number of hydrogen-bond donors (Lipinski definition) is 2. The van der Waals surface area contributed by atoms with Crippen molar-refractivity contribution >= 4 is 11.9 Å². The van der Waals surface area contributed by atoms with Crippen LogP contribution >= 0.6 is 0 Å². The minimum absolute atomic E-state index is 0.0306. The SMILES string of the molecule is CCCCCCCCC(CCCCCCCC)OC(=O)CCCCCN(CCCCCC(=O)OC(CCCCCCCC)CCCCCCCC)C(CC)N(CCO)CCO. The molecule has 0 bridgehead atoms. The highest BCUT2D eigenvalue weighted by Gasteiger charge is 2.23. The molecule has 364 valence electrons. The molecule has 61 heavy (non-hydrogen) atoms. The van der Waals surface area contributed by atoms with Crippen LogP contribution < -0.4 is 0 Å². The van der Waals surface area contributed by atoms with Crippen LogP contribution in [0.3, 0.4) is 0 Å². The molecule has 0 aliphatic heterocycles. The van der Waals surface area contributed by atoms with E-state index in [9.17, 15) is 19.8 Å². The quantitative estimate of drug-likeness (QED) is 0.0354. The third-order valence-electron chi connectivity index (χ3n) is 12.7. The summed E-state index contributed by atoms with van der Waals surface area (Å²) in [5.41, 5.74) is 0. The fourth-order valence-electron chi connectivity index (χ4n) is 8.97. The van der Waals surface area contributed by atoms with Crippen molar-refractivity contribution in [3.05, 3.63) is 0 Å². The lowest BCUT2D eigenvalue weighted by Crippen LogP contribution is -2.50. The van der Waals surface area contributed by atoms with Crippen LogP contribution in [0, 0.1) is 0 Å². The number of carbonyl (C=O) groups excluding carboxylic acids is 2. The molecular formula is C53H106N2O6. The highest BCUT2D eigenvalue weighted by molar-refractivity contribution is 5.69. The molecule has 0 amide bonds. The summed E-state index contributed by atoms with van der Waals surface area (Å²) in [4.78, 5) is 30.8. The van der Waals surface area contributed by atoms with Crippen LogP contribution in [0.4, 0.5) is 0 Å². The summed E-state index contributed by atoms with van der Waals surface area (Å²) in [5.74, 6) is -0.0611. The minimum atomic E-state index is -0.0306. The van der Waals surface area contributed by atoms with Crippen LogP contribution in [0.15, 0.2) is 0 Å². The Morgan fingerprint density at radius 1 is 0.377 bits per heavy atom.